The van der Waals surface area contributed by atoms with Gasteiger partial charge in [0.05, 0.1) is 4.92 Å². The Labute approximate surface area is 119 Å². The number of ether oxygens (including phenoxy) is 1. The highest BCUT2D eigenvalue weighted by Gasteiger charge is 2.22. The molecular formula is C15H11NO5. The lowest BCUT2D eigenvalue weighted by atomic mass is 10.0. The molecule has 0 saturated heterocycles. The average molecular weight is 285 g/mol. The number of phenolic OH excluding ortho intramolecular Hbond substituents is 2. The molecule has 0 aromatic heterocycles. The monoisotopic (exact) mass is 285 g/mol. The van der Waals surface area contributed by atoms with Crippen LogP contribution in [0.4, 0.5) is 5.69 Å². The zero-order valence-corrected chi connectivity index (χ0v) is 10.8. The quantitative estimate of drug-likeness (QED) is 0.502. The normalized spacial score (nSPS) is 13.0. The molecule has 0 fully saturated rings. The van der Waals surface area contributed by atoms with Gasteiger partial charge in [0.1, 0.15) is 11.5 Å². The smallest absolute Gasteiger partial charge is 0.315 e. The van der Waals surface area contributed by atoms with Gasteiger partial charge in [-0.25, -0.2) is 0 Å². The van der Waals surface area contributed by atoms with Crippen LogP contribution in [0, 0.1) is 10.1 Å². The third-order valence-electron chi connectivity index (χ3n) is 3.25. The number of allylic oxidation sites excluding steroid dienone is 1. The Morgan fingerprint density at radius 3 is 2.71 bits per heavy atom. The van der Waals surface area contributed by atoms with Crippen LogP contribution in [0.5, 0.6) is 17.2 Å². The summed E-state index contributed by atoms with van der Waals surface area (Å²) in [5, 5.41) is 30.0. The molecule has 2 aromatic rings. The first-order valence-electron chi connectivity index (χ1n) is 6.23. The predicted octanol–water partition coefficient (Wildman–Crippen LogP) is 2.98. The van der Waals surface area contributed by atoms with E-state index in [0.29, 0.717) is 23.5 Å². The second kappa shape index (κ2) is 4.82. The van der Waals surface area contributed by atoms with Crippen molar-refractivity contribution in [2.75, 3.05) is 0 Å². The number of rotatable bonds is 2. The highest BCUT2D eigenvalue weighted by molar-refractivity contribution is 5.71. The molecule has 2 N–H and O–H groups in total. The molecule has 106 valence electrons. The Balaban J connectivity index is 2.03. The maximum atomic E-state index is 10.9. The number of aromatic hydroxyl groups is 2. The molecule has 3 rings (SSSR count). The maximum absolute atomic E-state index is 10.9. The van der Waals surface area contributed by atoms with Crippen molar-refractivity contribution in [2.45, 2.75) is 6.42 Å². The van der Waals surface area contributed by atoms with Gasteiger partial charge in [-0.1, -0.05) is 18.2 Å². The molecule has 0 unspecified atom stereocenters. The minimum atomic E-state index is -0.754. The fourth-order valence-electron chi connectivity index (χ4n) is 2.20. The molecule has 0 bridgehead atoms. The summed E-state index contributed by atoms with van der Waals surface area (Å²) in [6, 6.07) is 9.88. The Morgan fingerprint density at radius 1 is 1.19 bits per heavy atom. The Morgan fingerprint density at radius 2 is 1.95 bits per heavy atom. The second-order valence-electron chi connectivity index (χ2n) is 4.60. The number of nitro benzene ring substituents is 1. The van der Waals surface area contributed by atoms with Crippen LogP contribution >= 0.6 is 0 Å². The molecular weight excluding hydrogens is 274 g/mol. The lowest BCUT2D eigenvalue weighted by Crippen LogP contribution is -2.04. The van der Waals surface area contributed by atoms with Crippen LogP contribution in [-0.2, 0) is 6.42 Å². The van der Waals surface area contributed by atoms with Gasteiger partial charge < -0.3 is 14.9 Å². The summed E-state index contributed by atoms with van der Waals surface area (Å²) in [7, 11) is 0. The zero-order chi connectivity index (χ0) is 15.0. The van der Waals surface area contributed by atoms with Crippen molar-refractivity contribution in [1.29, 1.82) is 0 Å². The van der Waals surface area contributed by atoms with Gasteiger partial charge in [0.15, 0.2) is 5.75 Å². The largest absolute Gasteiger partial charge is 0.504 e. The third-order valence-corrected chi connectivity index (χ3v) is 3.25. The number of hydrogen-bond acceptors (Lipinski definition) is 5. The highest BCUT2D eigenvalue weighted by atomic mass is 16.6. The maximum Gasteiger partial charge on any atom is 0.315 e. The van der Waals surface area contributed by atoms with Crippen LogP contribution in [0.3, 0.4) is 0 Å². The van der Waals surface area contributed by atoms with E-state index in [-0.39, 0.29) is 0 Å². The van der Waals surface area contributed by atoms with E-state index in [4.69, 9.17) is 4.74 Å². The van der Waals surface area contributed by atoms with Crippen LogP contribution in [-0.4, -0.2) is 15.1 Å². The van der Waals surface area contributed by atoms with Crippen LogP contribution in [0.25, 0.3) is 5.76 Å². The van der Waals surface area contributed by atoms with Crippen LogP contribution in [0.15, 0.2) is 42.5 Å². The predicted molar refractivity (Wildman–Crippen MR) is 75.2 cm³/mol. The van der Waals surface area contributed by atoms with E-state index in [9.17, 15) is 20.3 Å². The number of hydrogen-bond donors (Lipinski definition) is 2. The number of phenols is 2. The van der Waals surface area contributed by atoms with Gasteiger partial charge in [0, 0.05) is 11.6 Å². The molecule has 0 spiro atoms. The molecule has 1 aliphatic rings. The fraction of sp³-hybridized carbons (Fsp3) is 0.0667. The summed E-state index contributed by atoms with van der Waals surface area (Å²) < 4.78 is 5.69. The first-order valence-corrected chi connectivity index (χ1v) is 6.23. The summed E-state index contributed by atoms with van der Waals surface area (Å²) in [5.74, 6) is -0.222. The van der Waals surface area contributed by atoms with E-state index in [0.717, 1.165) is 5.56 Å². The minimum Gasteiger partial charge on any atom is -0.504 e. The Kier molecular flexibility index (Phi) is 2.98. The van der Waals surface area contributed by atoms with Crippen LogP contribution < -0.4 is 4.74 Å². The first-order chi connectivity index (χ1) is 10.1. The van der Waals surface area contributed by atoms with Crippen LogP contribution in [0.1, 0.15) is 11.1 Å². The van der Waals surface area contributed by atoms with Gasteiger partial charge in [0.2, 0.25) is 5.75 Å². The molecule has 6 nitrogen and oxygen atoms in total. The summed E-state index contributed by atoms with van der Waals surface area (Å²) in [6.45, 7) is 0. The molecule has 0 saturated carbocycles. The van der Waals surface area contributed by atoms with Gasteiger partial charge in [-0.05, 0) is 30.2 Å². The summed E-state index contributed by atoms with van der Waals surface area (Å²) >= 11 is 0. The number of nitro groups is 1. The average Bonchev–Trinajstić information content (AvgIpc) is 2.49. The van der Waals surface area contributed by atoms with Crippen molar-refractivity contribution >= 4 is 11.4 Å². The van der Waals surface area contributed by atoms with E-state index in [1.807, 2.05) is 18.2 Å². The molecule has 21 heavy (non-hydrogen) atoms. The van der Waals surface area contributed by atoms with E-state index in [1.54, 1.807) is 12.1 Å². The lowest BCUT2D eigenvalue weighted by Gasteiger charge is -2.18. The molecule has 0 aliphatic carbocycles. The molecule has 1 aliphatic heterocycles. The summed E-state index contributed by atoms with van der Waals surface area (Å²) in [6.07, 6.45) is 2.40. The SMILES string of the molecule is O=[N+]([O-])c1cc(C2=CCc3ccccc3O2)cc(O)c1O. The van der Waals surface area contributed by atoms with Crippen molar-refractivity contribution in [3.63, 3.8) is 0 Å². The number of benzene rings is 2. The minimum absolute atomic E-state index is 0.339. The fourth-order valence-corrected chi connectivity index (χ4v) is 2.20. The highest BCUT2D eigenvalue weighted by Crippen LogP contribution is 2.39. The van der Waals surface area contributed by atoms with E-state index in [2.05, 4.69) is 0 Å². The Hall–Kier alpha value is -3.02. The lowest BCUT2D eigenvalue weighted by molar-refractivity contribution is -0.386. The van der Waals surface area contributed by atoms with Crippen molar-refractivity contribution < 1.29 is 19.9 Å². The molecule has 0 atom stereocenters. The van der Waals surface area contributed by atoms with Gasteiger partial charge in [-0.2, -0.15) is 0 Å². The molecule has 1 heterocycles. The van der Waals surface area contributed by atoms with Gasteiger partial charge in [0.25, 0.3) is 0 Å². The van der Waals surface area contributed by atoms with Gasteiger partial charge in [-0.3, -0.25) is 10.1 Å². The summed E-state index contributed by atoms with van der Waals surface area (Å²) in [5.41, 5.74) is 0.790. The zero-order valence-electron chi connectivity index (χ0n) is 10.8. The third kappa shape index (κ3) is 2.27. The second-order valence-corrected chi connectivity index (χ2v) is 4.60. The molecule has 6 heteroatoms. The number of nitrogens with zero attached hydrogens (tertiary/aromatic N) is 1. The van der Waals surface area contributed by atoms with Gasteiger partial charge >= 0.3 is 5.69 Å². The van der Waals surface area contributed by atoms with Crippen molar-refractivity contribution in [3.8, 4) is 17.2 Å². The van der Waals surface area contributed by atoms with E-state index < -0.39 is 22.1 Å². The topological polar surface area (TPSA) is 92.8 Å². The van der Waals surface area contributed by atoms with Crippen molar-refractivity contribution in [2.24, 2.45) is 0 Å². The van der Waals surface area contributed by atoms with E-state index in [1.165, 1.54) is 12.1 Å². The van der Waals surface area contributed by atoms with Crippen molar-refractivity contribution in [1.82, 2.24) is 0 Å². The summed E-state index contributed by atoms with van der Waals surface area (Å²) in [4.78, 5) is 10.1. The number of para-hydroxylation sites is 1. The molecule has 0 radical (unpaired) electrons. The van der Waals surface area contributed by atoms with Crippen molar-refractivity contribution in [3.05, 3.63) is 63.7 Å². The van der Waals surface area contributed by atoms with E-state index >= 15 is 0 Å². The Bertz CT molecular complexity index is 767. The van der Waals surface area contributed by atoms with Gasteiger partial charge in [-0.15, -0.1) is 0 Å². The molecule has 0 amide bonds. The molecule has 2 aromatic carbocycles. The van der Waals surface area contributed by atoms with Crippen LogP contribution in [0.2, 0.25) is 0 Å². The first kappa shape index (κ1) is 13.0. The number of fused-ring (bicyclic) bond motifs is 1. The standard InChI is InChI=1S/C15H11NO5/c17-12-8-10(7-11(15(12)18)16(19)20)14-6-5-9-3-1-2-4-13(9)21-14/h1-4,6-8,17-18H,5H2.